The van der Waals surface area contributed by atoms with E-state index in [4.69, 9.17) is 0 Å². The van der Waals surface area contributed by atoms with Gasteiger partial charge in [-0.2, -0.15) is 13.2 Å². The number of hydrogen-bond donors (Lipinski definition) is 2. The average Bonchev–Trinajstić information content (AvgIpc) is 2.64. The van der Waals surface area contributed by atoms with Gasteiger partial charge in [0.2, 0.25) is 5.91 Å². The fourth-order valence-electron chi connectivity index (χ4n) is 2.42. The second kappa shape index (κ2) is 9.40. The number of hydrogen-bond acceptors (Lipinski definition) is 3. The highest BCUT2D eigenvalue weighted by Gasteiger charge is 2.28. The Bertz CT molecular complexity index is 852. The second-order valence-electron chi connectivity index (χ2n) is 6.59. The van der Waals surface area contributed by atoms with Gasteiger partial charge in [-0.05, 0) is 42.3 Å². The highest BCUT2D eigenvalue weighted by Crippen LogP contribution is 2.20. The number of rotatable bonds is 7. The summed E-state index contributed by atoms with van der Waals surface area (Å²) in [5, 5.41) is 5.07. The van der Waals surface area contributed by atoms with E-state index in [2.05, 4.69) is 15.4 Å². The maximum atomic E-state index is 13.8. The van der Waals surface area contributed by atoms with E-state index in [1.807, 2.05) is 0 Å². The van der Waals surface area contributed by atoms with Gasteiger partial charge in [0.05, 0.1) is 5.56 Å². The number of anilines is 1. The van der Waals surface area contributed by atoms with Crippen LogP contribution in [0.2, 0.25) is 0 Å². The molecule has 0 heterocycles. The minimum absolute atomic E-state index is 0.00594. The van der Waals surface area contributed by atoms with Crippen LogP contribution in [0.4, 0.5) is 23.2 Å². The van der Waals surface area contributed by atoms with E-state index in [0.29, 0.717) is 5.69 Å². The minimum atomic E-state index is -4.45. The van der Waals surface area contributed by atoms with Crippen molar-refractivity contribution in [1.29, 1.82) is 0 Å². The third-order valence-corrected chi connectivity index (χ3v) is 3.88. The van der Waals surface area contributed by atoms with Crippen LogP contribution in [-0.4, -0.2) is 30.6 Å². The average molecular weight is 412 g/mol. The van der Waals surface area contributed by atoms with Crippen LogP contribution in [-0.2, 0) is 4.79 Å². The fraction of sp³-hybridized carbons (Fsp3) is 0.300. The summed E-state index contributed by atoms with van der Waals surface area (Å²) in [6.45, 7) is 2.00. The van der Waals surface area contributed by atoms with Gasteiger partial charge in [-0.1, -0.05) is 26.0 Å². The van der Waals surface area contributed by atoms with Gasteiger partial charge in [-0.3, -0.25) is 9.59 Å². The molecule has 0 bridgehead atoms. The van der Waals surface area contributed by atoms with Gasteiger partial charge < -0.3 is 15.4 Å². The normalized spacial score (nSPS) is 12.4. The molecule has 2 N–H and O–H groups in total. The zero-order valence-electron chi connectivity index (χ0n) is 15.7. The Morgan fingerprint density at radius 2 is 1.66 bits per heavy atom. The van der Waals surface area contributed by atoms with Crippen molar-refractivity contribution in [3.63, 3.8) is 0 Å². The van der Waals surface area contributed by atoms with Crippen LogP contribution in [0.3, 0.4) is 0 Å². The number of amides is 2. The van der Waals surface area contributed by atoms with E-state index >= 15 is 0 Å². The molecule has 0 spiro atoms. The van der Waals surface area contributed by atoms with Crippen molar-refractivity contribution in [2.45, 2.75) is 26.1 Å². The maximum Gasteiger partial charge on any atom is 0.422 e. The van der Waals surface area contributed by atoms with Crippen molar-refractivity contribution in [3.8, 4) is 5.75 Å². The smallest absolute Gasteiger partial charge is 0.422 e. The molecule has 1 atom stereocenters. The van der Waals surface area contributed by atoms with E-state index in [9.17, 15) is 27.2 Å². The maximum absolute atomic E-state index is 13.8. The molecule has 0 radical (unpaired) electrons. The number of ether oxygens (including phenoxy) is 1. The van der Waals surface area contributed by atoms with Crippen LogP contribution in [0.15, 0.2) is 48.5 Å². The van der Waals surface area contributed by atoms with Gasteiger partial charge in [0.15, 0.2) is 6.61 Å². The van der Waals surface area contributed by atoms with Gasteiger partial charge in [0.25, 0.3) is 5.91 Å². The molecule has 29 heavy (non-hydrogen) atoms. The lowest BCUT2D eigenvalue weighted by atomic mass is 10.0. The third kappa shape index (κ3) is 6.78. The number of carbonyl (C=O) groups excluding carboxylic acids is 2. The van der Waals surface area contributed by atoms with E-state index in [1.54, 1.807) is 13.8 Å². The first kappa shape index (κ1) is 22.2. The highest BCUT2D eigenvalue weighted by molar-refractivity contribution is 6.01. The highest BCUT2D eigenvalue weighted by atomic mass is 19.4. The summed E-state index contributed by atoms with van der Waals surface area (Å²) in [7, 11) is 0. The number of nitrogens with one attached hydrogen (secondary N) is 2. The molecule has 9 heteroatoms. The Kier molecular flexibility index (Phi) is 7.19. The van der Waals surface area contributed by atoms with Gasteiger partial charge in [0.1, 0.15) is 17.6 Å². The molecule has 2 aromatic carbocycles. The molecule has 156 valence electrons. The third-order valence-electron chi connectivity index (χ3n) is 3.88. The van der Waals surface area contributed by atoms with Crippen molar-refractivity contribution in [2.24, 2.45) is 5.92 Å². The first-order valence-corrected chi connectivity index (χ1v) is 8.72. The number of carbonyl (C=O) groups is 2. The van der Waals surface area contributed by atoms with E-state index < -0.39 is 36.5 Å². The summed E-state index contributed by atoms with van der Waals surface area (Å²) in [5.41, 5.74) is 0.122. The van der Waals surface area contributed by atoms with E-state index in [-0.39, 0.29) is 17.2 Å². The largest absolute Gasteiger partial charge is 0.484 e. The molecule has 0 saturated carbocycles. The summed E-state index contributed by atoms with van der Waals surface area (Å²) >= 11 is 0. The molecule has 2 amide bonds. The van der Waals surface area contributed by atoms with Crippen LogP contribution in [0.1, 0.15) is 24.2 Å². The fourth-order valence-corrected chi connectivity index (χ4v) is 2.42. The quantitative estimate of drug-likeness (QED) is 0.671. The predicted octanol–water partition coefficient (Wildman–Crippen LogP) is 4.16. The lowest BCUT2D eigenvalue weighted by Gasteiger charge is -2.22. The summed E-state index contributed by atoms with van der Waals surface area (Å²) in [5.74, 6) is -2.29. The summed E-state index contributed by atoms with van der Waals surface area (Å²) in [4.78, 5) is 24.8. The Balaban J connectivity index is 2.02. The van der Waals surface area contributed by atoms with Crippen LogP contribution in [0, 0.1) is 11.7 Å². The van der Waals surface area contributed by atoms with E-state index in [1.165, 1.54) is 42.5 Å². The number of halogens is 4. The van der Waals surface area contributed by atoms with Crippen molar-refractivity contribution >= 4 is 17.5 Å². The zero-order chi connectivity index (χ0) is 21.6. The summed E-state index contributed by atoms with van der Waals surface area (Å²) in [6, 6.07) is 9.75. The van der Waals surface area contributed by atoms with Crippen molar-refractivity contribution in [3.05, 3.63) is 59.9 Å². The number of alkyl halides is 3. The molecular formula is C20H20F4N2O3. The Morgan fingerprint density at radius 3 is 2.21 bits per heavy atom. The van der Waals surface area contributed by atoms with Crippen molar-refractivity contribution < 1.29 is 31.9 Å². The zero-order valence-corrected chi connectivity index (χ0v) is 15.7. The predicted molar refractivity (Wildman–Crippen MR) is 99.1 cm³/mol. The standard InChI is InChI=1S/C20H20F4N2O3/c1-12(2)17(26-18(27)15-5-3-4-6-16(15)21)19(28)25-13-7-9-14(10-8-13)29-11-20(22,23)24/h3-10,12,17H,11H2,1-2H3,(H,25,28)(H,26,27). The first-order chi connectivity index (χ1) is 13.6. The van der Waals surface area contributed by atoms with Gasteiger partial charge in [0, 0.05) is 5.69 Å². The number of benzene rings is 2. The SMILES string of the molecule is CC(C)C(NC(=O)c1ccccc1F)C(=O)Nc1ccc(OCC(F)(F)F)cc1. The van der Waals surface area contributed by atoms with Crippen LogP contribution >= 0.6 is 0 Å². The van der Waals surface area contributed by atoms with Crippen LogP contribution < -0.4 is 15.4 Å². The minimum Gasteiger partial charge on any atom is -0.484 e. The second-order valence-corrected chi connectivity index (χ2v) is 6.59. The molecule has 5 nitrogen and oxygen atoms in total. The molecular weight excluding hydrogens is 392 g/mol. The topological polar surface area (TPSA) is 67.4 Å². The molecule has 0 aliphatic carbocycles. The summed E-state index contributed by atoms with van der Waals surface area (Å²) in [6.07, 6.45) is -4.45. The monoisotopic (exact) mass is 412 g/mol. The molecule has 0 fully saturated rings. The van der Waals surface area contributed by atoms with Crippen molar-refractivity contribution in [2.75, 3.05) is 11.9 Å². The molecule has 0 aromatic heterocycles. The van der Waals surface area contributed by atoms with E-state index in [0.717, 1.165) is 6.07 Å². The lowest BCUT2D eigenvalue weighted by Crippen LogP contribution is -2.47. The lowest BCUT2D eigenvalue weighted by molar-refractivity contribution is -0.153. The Labute approximate surface area is 165 Å². The van der Waals surface area contributed by atoms with Gasteiger partial charge in [-0.25, -0.2) is 4.39 Å². The first-order valence-electron chi connectivity index (χ1n) is 8.72. The Hall–Kier alpha value is -3.10. The van der Waals surface area contributed by atoms with Crippen LogP contribution in [0.25, 0.3) is 0 Å². The van der Waals surface area contributed by atoms with Gasteiger partial charge >= 0.3 is 6.18 Å². The molecule has 2 rings (SSSR count). The Morgan fingerprint density at radius 1 is 1.03 bits per heavy atom. The molecule has 1 unspecified atom stereocenters. The molecule has 0 aliphatic rings. The van der Waals surface area contributed by atoms with Crippen LogP contribution in [0.5, 0.6) is 5.75 Å². The van der Waals surface area contributed by atoms with Gasteiger partial charge in [-0.15, -0.1) is 0 Å². The summed E-state index contributed by atoms with van der Waals surface area (Å²) < 4.78 is 54.9. The molecule has 0 aliphatic heterocycles. The van der Waals surface area contributed by atoms with Crippen molar-refractivity contribution in [1.82, 2.24) is 5.32 Å². The molecule has 2 aromatic rings. The molecule has 0 saturated heterocycles.